The summed E-state index contributed by atoms with van der Waals surface area (Å²) in [7, 11) is 0. The maximum atomic E-state index is 15.9. The fourth-order valence-electron chi connectivity index (χ4n) is 7.74. The van der Waals surface area contributed by atoms with Crippen molar-refractivity contribution in [1.82, 2.24) is 19.9 Å². The van der Waals surface area contributed by atoms with E-state index >= 15 is 35.1 Å². The molecule has 5 heterocycles. The van der Waals surface area contributed by atoms with Gasteiger partial charge in [0.25, 0.3) is 0 Å². The SMILES string of the molecule is O[C@@H]1c2nc(c(-c3c(F)c(F)c(F)c(F)c3F)c3ccc([n-]3)c(-c3c(F)c(F)c(F)c(F)c3F)c3nc(c(-c4c(F)c(F)c(F)c(F)c4F)c4ccc([n-]4)c2-c2c(F)c(F)c(F)c(F)c2F)C=C3)[C@@H]1O.[Pd+2]. The minimum Gasteiger partial charge on any atom is -0.657 e. The van der Waals surface area contributed by atoms with E-state index in [1.165, 1.54) is 0 Å². The molecule has 0 fully saturated rings. The molecule has 368 valence electrons. The zero-order valence-corrected chi connectivity index (χ0v) is 34.7. The van der Waals surface area contributed by atoms with Crippen molar-refractivity contribution in [2.24, 2.45) is 0 Å². The second-order valence-corrected chi connectivity index (χ2v) is 14.7. The van der Waals surface area contributed by atoms with E-state index in [1.54, 1.807) is 0 Å². The first kappa shape index (κ1) is 50.3. The predicted molar refractivity (Wildman–Crippen MR) is 199 cm³/mol. The first-order chi connectivity index (χ1) is 32.9. The number of aromatic nitrogens is 4. The third-order valence-electron chi connectivity index (χ3n) is 10.9. The number of nitrogens with zero attached hydrogens (tertiary/aromatic N) is 4. The van der Waals surface area contributed by atoms with E-state index in [-0.39, 0.29) is 20.4 Å². The molecule has 0 saturated heterocycles. The first-order valence-electron chi connectivity index (χ1n) is 18.7. The average molecular weight is 1110 g/mol. The Morgan fingerprint density at radius 3 is 0.718 bits per heavy atom. The number of hydrogen-bond donors (Lipinski definition) is 2. The van der Waals surface area contributed by atoms with Gasteiger partial charge < -0.3 is 20.2 Å². The Morgan fingerprint density at radius 1 is 0.282 bits per heavy atom. The minimum absolute atomic E-state index is 0. The van der Waals surface area contributed by atoms with Gasteiger partial charge in [0.05, 0.1) is 45.0 Å². The smallest absolute Gasteiger partial charge is 0.657 e. The van der Waals surface area contributed by atoms with Crippen LogP contribution in [-0.2, 0) is 20.4 Å². The number of rotatable bonds is 4. The third kappa shape index (κ3) is 7.21. The van der Waals surface area contributed by atoms with Crippen molar-refractivity contribution in [2.45, 2.75) is 12.2 Å². The molecule has 9 rings (SSSR count). The number of aliphatic hydroxyl groups is 2. The molecule has 0 spiro atoms. The molecule has 0 amide bonds. The first-order valence-corrected chi connectivity index (χ1v) is 18.7. The molecule has 8 bridgehead atoms. The van der Waals surface area contributed by atoms with E-state index in [1.807, 2.05) is 0 Å². The molecule has 0 unspecified atom stereocenters. The maximum Gasteiger partial charge on any atom is 2.00 e. The average Bonchev–Trinajstić information content (AvgIpc) is 4.18. The van der Waals surface area contributed by atoms with E-state index in [4.69, 9.17) is 0 Å². The summed E-state index contributed by atoms with van der Waals surface area (Å²) in [6, 6.07) is 1.75. The summed E-state index contributed by atoms with van der Waals surface area (Å²) in [6.07, 6.45) is -5.02. The van der Waals surface area contributed by atoms with E-state index in [0.717, 1.165) is 0 Å². The molecule has 0 radical (unpaired) electrons. The van der Waals surface area contributed by atoms with Crippen molar-refractivity contribution in [2.75, 3.05) is 0 Å². The minimum atomic E-state index is -3.02. The van der Waals surface area contributed by atoms with Crippen molar-refractivity contribution in [1.29, 1.82) is 0 Å². The van der Waals surface area contributed by atoms with Gasteiger partial charge in [-0.2, -0.15) is 0 Å². The molecule has 0 aliphatic carbocycles. The second-order valence-electron chi connectivity index (χ2n) is 14.7. The summed E-state index contributed by atoms with van der Waals surface area (Å²) < 4.78 is 304. The van der Waals surface area contributed by atoms with Crippen LogP contribution in [0.5, 0.6) is 0 Å². The summed E-state index contributed by atoms with van der Waals surface area (Å²) in [4.78, 5) is 15.1. The summed E-state index contributed by atoms with van der Waals surface area (Å²) in [5, 5.41) is 22.9. The quantitative estimate of drug-likeness (QED) is 0.0789. The number of aliphatic hydroxyl groups excluding tert-OH is 2. The largest absolute Gasteiger partial charge is 2.00 e. The van der Waals surface area contributed by atoms with Crippen molar-refractivity contribution in [3.8, 4) is 44.5 Å². The van der Waals surface area contributed by atoms with Crippen LogP contribution in [0.3, 0.4) is 0 Å². The Bertz CT molecular complexity index is 3390. The Labute approximate surface area is 391 Å². The molecule has 2 aliphatic rings. The van der Waals surface area contributed by atoms with E-state index in [9.17, 15) is 62.9 Å². The van der Waals surface area contributed by atoms with Gasteiger partial charge in [-0.3, -0.25) is 4.98 Å². The molecule has 0 saturated carbocycles. The van der Waals surface area contributed by atoms with Crippen LogP contribution >= 0.6 is 0 Å². The van der Waals surface area contributed by atoms with Crippen LogP contribution in [0.1, 0.15) is 35.0 Å². The second kappa shape index (κ2) is 17.6. The van der Waals surface area contributed by atoms with Gasteiger partial charge in [0.15, 0.2) is 93.1 Å². The molecule has 71 heavy (non-hydrogen) atoms. The Balaban J connectivity index is 0.00000676. The molecule has 2 aliphatic heterocycles. The van der Waals surface area contributed by atoms with Gasteiger partial charge in [0.1, 0.15) is 12.2 Å². The molecular weight excluding hydrogens is 1100 g/mol. The maximum absolute atomic E-state index is 15.9. The normalized spacial score (nSPS) is 14.5. The van der Waals surface area contributed by atoms with Gasteiger partial charge in [-0.25, -0.2) is 92.8 Å². The molecule has 2 N–H and O–H groups in total. The summed E-state index contributed by atoms with van der Waals surface area (Å²) >= 11 is 0. The standard InChI is InChI=1S/C44H10F20N4O2.Pd/c45-21-17(22(46)30(54)37(61)29(21)53)13-7-1-2-8(65-7)14(18-23(47)31(55)38(62)32(56)24(18)48)10-4-6-12(67-10)16(20-27(51)35(59)40(64)36(60)28(20)52)42-44(70)43(69)41(68-42)15(11-5-3-9(13)66-11)19-25(49)33(57)39(63)34(58)26(19)50;/h1-6,43-44,69-70H;/q-2;+2/t43-,44+;. The van der Waals surface area contributed by atoms with Gasteiger partial charge in [0, 0.05) is 0 Å². The molecular formula is C44H10F20N4O2Pd. The van der Waals surface area contributed by atoms with E-state index < -0.39 is 218 Å². The van der Waals surface area contributed by atoms with E-state index in [2.05, 4.69) is 19.9 Å². The van der Waals surface area contributed by atoms with Crippen LogP contribution in [0.2, 0.25) is 0 Å². The van der Waals surface area contributed by atoms with Crippen LogP contribution in [0.15, 0.2) is 24.3 Å². The van der Waals surface area contributed by atoms with Crippen LogP contribution < -0.4 is 9.97 Å². The van der Waals surface area contributed by atoms with Crippen molar-refractivity contribution < 1.29 is 118 Å². The van der Waals surface area contributed by atoms with Crippen LogP contribution in [-0.4, -0.2) is 20.2 Å². The van der Waals surface area contributed by atoms with Crippen molar-refractivity contribution >= 4 is 34.2 Å². The fourth-order valence-corrected chi connectivity index (χ4v) is 7.74. The van der Waals surface area contributed by atoms with Gasteiger partial charge >= 0.3 is 20.4 Å². The number of halogens is 20. The molecule has 4 aromatic carbocycles. The zero-order chi connectivity index (χ0) is 51.0. The molecule has 6 nitrogen and oxygen atoms in total. The van der Waals surface area contributed by atoms with Gasteiger partial charge in [-0.05, 0) is 34.4 Å². The predicted octanol–water partition coefficient (Wildman–Crippen LogP) is 12.0. The molecule has 7 aromatic rings. The zero-order valence-electron chi connectivity index (χ0n) is 33.2. The number of benzene rings is 4. The molecule has 2 atom stereocenters. The Morgan fingerprint density at radius 2 is 0.479 bits per heavy atom. The molecule has 27 heteroatoms. The number of hydrogen-bond acceptors (Lipinski definition) is 4. The van der Waals surface area contributed by atoms with E-state index in [0.29, 0.717) is 36.4 Å². The monoisotopic (exact) mass is 1110 g/mol. The number of fused-ring (bicyclic) bond motifs is 8. The van der Waals surface area contributed by atoms with Gasteiger partial charge in [-0.15, -0.1) is 22.1 Å². The third-order valence-corrected chi connectivity index (χ3v) is 10.9. The summed E-state index contributed by atoms with van der Waals surface area (Å²) in [6.45, 7) is 0. The van der Waals surface area contributed by atoms with Crippen molar-refractivity contribution in [3.63, 3.8) is 0 Å². The Hall–Kier alpha value is -7.08. The van der Waals surface area contributed by atoms with Crippen LogP contribution in [0.25, 0.3) is 78.7 Å². The Kier molecular flexibility index (Phi) is 12.5. The van der Waals surface area contributed by atoms with Gasteiger partial charge in [0.2, 0.25) is 23.3 Å². The topological polar surface area (TPSA) is 94.4 Å². The fraction of sp³-hybridized carbons (Fsp3) is 0.0455. The van der Waals surface area contributed by atoms with Crippen LogP contribution in [0, 0.1) is 116 Å². The molecule has 3 aromatic heterocycles. The summed E-state index contributed by atoms with van der Waals surface area (Å²) in [5.41, 5.74) is -24.9. The van der Waals surface area contributed by atoms with Crippen LogP contribution in [0.4, 0.5) is 87.8 Å². The van der Waals surface area contributed by atoms with Crippen molar-refractivity contribution in [3.05, 3.63) is 163 Å². The van der Waals surface area contributed by atoms with Gasteiger partial charge in [-0.1, -0.05) is 24.3 Å². The summed E-state index contributed by atoms with van der Waals surface area (Å²) in [5.74, 6) is -55.0.